The molecule has 0 aliphatic carbocycles. The Bertz CT molecular complexity index is 1760. The number of aromatic hydroxyl groups is 2. The molecule has 12 N–H and O–H groups in total. The summed E-state index contributed by atoms with van der Waals surface area (Å²) in [6.45, 7) is -0.306. The van der Waals surface area contributed by atoms with E-state index in [1.165, 1.54) is 31.2 Å². The van der Waals surface area contributed by atoms with Crippen molar-refractivity contribution in [3.05, 3.63) is 52.2 Å². The Morgan fingerprint density at radius 3 is 1.94 bits per heavy atom. The average molecular weight is 741 g/mol. The van der Waals surface area contributed by atoms with Crippen LogP contribution in [0.4, 0.5) is 0 Å². The van der Waals surface area contributed by atoms with Gasteiger partial charge in [-0.1, -0.05) is 0 Å². The molecule has 0 saturated carbocycles. The van der Waals surface area contributed by atoms with E-state index in [4.69, 9.17) is 28.1 Å². The molecule has 0 spiro atoms. The number of benzene rings is 2. The van der Waals surface area contributed by atoms with Gasteiger partial charge in [-0.15, -0.1) is 0 Å². The number of hydrogen-bond acceptors (Lipinski definition) is 19. The van der Waals surface area contributed by atoms with Crippen LogP contribution in [0.5, 0.6) is 17.2 Å². The van der Waals surface area contributed by atoms with Crippen molar-refractivity contribution in [3.8, 4) is 28.6 Å². The van der Waals surface area contributed by atoms with Crippen LogP contribution in [0.25, 0.3) is 22.3 Å². The molecule has 3 aliphatic rings. The standard InChI is InChI=1S/C33H40O19/c1-10-21(39)24(42)27(45)32(47-10)52-31-26(44)23(41)17(8-34)49-30(31)20-14(38)7-16(50-33-28(46)25(43)22(40)18(9-35)51-33)19-13(37)6-15(48-29(19)20)11-2-4-12(36)5-3-11/h2-7,10,17-18,21-28,30-36,38-46H,8-9H2,1H3/t10-,17-,18+,21+,22+,23+,24-,25-,26+,27-,28+,30-,31-,32+,33+/m1/s1. The monoisotopic (exact) mass is 740 g/mol. The summed E-state index contributed by atoms with van der Waals surface area (Å²) in [5, 5.41) is 125. The first-order valence-electron chi connectivity index (χ1n) is 16.2. The maximum absolute atomic E-state index is 13.9. The third-order valence-corrected chi connectivity index (χ3v) is 9.48. The van der Waals surface area contributed by atoms with Gasteiger partial charge in [0.1, 0.15) is 102 Å². The summed E-state index contributed by atoms with van der Waals surface area (Å²) in [5.74, 6) is -1.53. The summed E-state index contributed by atoms with van der Waals surface area (Å²) < 4.78 is 34.7. The molecule has 52 heavy (non-hydrogen) atoms. The molecule has 3 aliphatic heterocycles. The second kappa shape index (κ2) is 15.1. The molecule has 0 amide bonds. The average Bonchev–Trinajstić information content (AvgIpc) is 3.12. The molecule has 6 rings (SSSR count). The molecule has 2 aromatic carbocycles. The van der Waals surface area contributed by atoms with Gasteiger partial charge >= 0.3 is 0 Å². The second-order valence-electron chi connectivity index (χ2n) is 12.9. The van der Waals surface area contributed by atoms with Crippen molar-refractivity contribution in [1.82, 2.24) is 0 Å². The normalized spacial score (nSPS) is 38.3. The molecule has 0 radical (unpaired) electrons. The highest BCUT2D eigenvalue weighted by Crippen LogP contribution is 2.46. The first-order valence-corrected chi connectivity index (χ1v) is 16.2. The molecule has 0 unspecified atom stereocenters. The minimum Gasteiger partial charge on any atom is -0.508 e. The van der Waals surface area contributed by atoms with Crippen LogP contribution in [0.3, 0.4) is 0 Å². The van der Waals surface area contributed by atoms with Gasteiger partial charge in [-0.25, -0.2) is 0 Å². The molecule has 3 aromatic rings. The van der Waals surface area contributed by atoms with Crippen LogP contribution in [-0.4, -0.2) is 160 Å². The van der Waals surface area contributed by atoms with Crippen LogP contribution >= 0.6 is 0 Å². The fourth-order valence-corrected chi connectivity index (χ4v) is 6.49. The Hall–Kier alpha value is -3.51. The molecule has 3 fully saturated rings. The maximum atomic E-state index is 13.9. The van der Waals surface area contributed by atoms with Gasteiger partial charge in [0.05, 0.1) is 24.9 Å². The van der Waals surface area contributed by atoms with Crippen molar-refractivity contribution in [1.29, 1.82) is 0 Å². The molecule has 4 heterocycles. The summed E-state index contributed by atoms with van der Waals surface area (Å²) >= 11 is 0. The van der Waals surface area contributed by atoms with Gasteiger partial charge in [-0.05, 0) is 31.2 Å². The molecule has 1 aromatic heterocycles. The quantitative estimate of drug-likeness (QED) is 0.106. The van der Waals surface area contributed by atoms with Crippen LogP contribution in [0, 0.1) is 0 Å². The summed E-state index contributed by atoms with van der Waals surface area (Å²) in [6, 6.07) is 7.31. The second-order valence-corrected chi connectivity index (χ2v) is 12.9. The molecule has 286 valence electrons. The van der Waals surface area contributed by atoms with Gasteiger partial charge in [0.15, 0.2) is 17.3 Å². The van der Waals surface area contributed by atoms with Crippen molar-refractivity contribution in [3.63, 3.8) is 0 Å². The van der Waals surface area contributed by atoms with E-state index in [0.717, 1.165) is 12.1 Å². The van der Waals surface area contributed by atoms with Crippen molar-refractivity contribution in [2.75, 3.05) is 13.2 Å². The van der Waals surface area contributed by atoms with Crippen molar-refractivity contribution in [2.24, 2.45) is 0 Å². The van der Waals surface area contributed by atoms with Crippen LogP contribution in [0.1, 0.15) is 18.6 Å². The topological polar surface area (TPSA) is 319 Å². The molecule has 15 atom stereocenters. The van der Waals surface area contributed by atoms with E-state index in [-0.39, 0.29) is 17.1 Å². The highest BCUT2D eigenvalue weighted by atomic mass is 16.7. The van der Waals surface area contributed by atoms with E-state index in [0.29, 0.717) is 0 Å². The van der Waals surface area contributed by atoms with Gasteiger partial charge in [0, 0.05) is 17.7 Å². The number of phenolic OH excluding ortho intramolecular Hbond substituents is 2. The number of phenols is 2. The number of rotatable bonds is 8. The van der Waals surface area contributed by atoms with Gasteiger partial charge < -0.3 is 89.4 Å². The SMILES string of the molecule is C[C@H]1O[C@@H](O[C@@H]2[C@@H](O)[C@@H](O)[C@@H](CO)O[C@@H]2c2c(O)cc(O[C@H]3O[C@@H](CO)[C@H](O)[C@@H](O)[C@@H]3O)c3c(=O)cc(-c4ccc(O)cc4)oc23)[C@H](O)[C@H](O)[C@H]1O. The van der Waals surface area contributed by atoms with E-state index in [1.54, 1.807) is 0 Å². The molecule has 3 saturated heterocycles. The largest absolute Gasteiger partial charge is 0.508 e. The lowest BCUT2D eigenvalue weighted by Gasteiger charge is -2.46. The molecular formula is C33H40O19. The first kappa shape index (κ1) is 38.2. The maximum Gasteiger partial charge on any atom is 0.229 e. The minimum absolute atomic E-state index is 0.113. The van der Waals surface area contributed by atoms with E-state index >= 15 is 0 Å². The van der Waals surface area contributed by atoms with Crippen molar-refractivity contribution >= 4 is 11.0 Å². The van der Waals surface area contributed by atoms with Gasteiger partial charge in [-0.3, -0.25) is 4.79 Å². The van der Waals surface area contributed by atoms with E-state index in [1.807, 2.05) is 0 Å². The number of aliphatic hydroxyl groups excluding tert-OH is 10. The Balaban J connectivity index is 1.52. The number of hydrogen-bond donors (Lipinski definition) is 12. The number of aliphatic hydroxyl groups is 10. The van der Waals surface area contributed by atoms with Gasteiger partial charge in [0.25, 0.3) is 0 Å². The Kier molecular flexibility index (Phi) is 11.1. The summed E-state index contributed by atoms with van der Waals surface area (Å²) in [7, 11) is 0. The van der Waals surface area contributed by atoms with Gasteiger partial charge in [-0.2, -0.15) is 0 Å². The summed E-state index contributed by atoms with van der Waals surface area (Å²) in [5.41, 5.74) is -1.51. The molecule has 19 nitrogen and oxygen atoms in total. The highest BCUT2D eigenvalue weighted by Gasteiger charge is 2.52. The summed E-state index contributed by atoms with van der Waals surface area (Å²) in [4.78, 5) is 13.9. The Labute approximate surface area is 293 Å². The van der Waals surface area contributed by atoms with E-state index in [9.17, 15) is 66.1 Å². The number of ether oxygens (including phenoxy) is 5. The smallest absolute Gasteiger partial charge is 0.229 e. The number of fused-ring (bicyclic) bond motifs is 1. The lowest BCUT2D eigenvalue weighted by Crippen LogP contribution is -2.61. The molecule has 0 bridgehead atoms. The third kappa shape index (κ3) is 6.85. The van der Waals surface area contributed by atoms with E-state index < -0.39 is 139 Å². The molecular weight excluding hydrogens is 700 g/mol. The minimum atomic E-state index is -1.96. The summed E-state index contributed by atoms with van der Waals surface area (Å²) in [6.07, 6.45) is -25.8. The predicted octanol–water partition coefficient (Wildman–Crippen LogP) is -3.58. The van der Waals surface area contributed by atoms with Crippen LogP contribution in [0.15, 0.2) is 45.6 Å². The zero-order valence-electron chi connectivity index (χ0n) is 27.3. The zero-order valence-corrected chi connectivity index (χ0v) is 27.3. The Morgan fingerprint density at radius 1 is 0.692 bits per heavy atom. The van der Waals surface area contributed by atoms with E-state index in [2.05, 4.69) is 0 Å². The van der Waals surface area contributed by atoms with Gasteiger partial charge in [0.2, 0.25) is 6.29 Å². The fraction of sp³-hybridized carbons (Fsp3) is 0.545. The lowest BCUT2D eigenvalue weighted by atomic mass is 9.89. The van der Waals surface area contributed by atoms with Crippen LogP contribution in [-0.2, 0) is 18.9 Å². The first-order chi connectivity index (χ1) is 24.7. The van der Waals surface area contributed by atoms with Crippen molar-refractivity contribution in [2.45, 2.75) is 98.9 Å². The lowest BCUT2D eigenvalue weighted by molar-refractivity contribution is -0.338. The zero-order chi connectivity index (χ0) is 37.8. The van der Waals surface area contributed by atoms with Crippen LogP contribution in [0.2, 0.25) is 0 Å². The third-order valence-electron chi connectivity index (χ3n) is 9.48. The van der Waals surface area contributed by atoms with Crippen molar-refractivity contribution < 1.29 is 89.4 Å². The Morgan fingerprint density at radius 2 is 1.29 bits per heavy atom. The van der Waals surface area contributed by atoms with Crippen LogP contribution < -0.4 is 10.2 Å². The molecule has 19 heteroatoms. The fourth-order valence-electron chi connectivity index (χ4n) is 6.49. The predicted molar refractivity (Wildman–Crippen MR) is 170 cm³/mol. The highest BCUT2D eigenvalue weighted by molar-refractivity contribution is 5.90.